The van der Waals surface area contributed by atoms with Crippen LogP contribution in [-0.2, 0) is 17.1 Å². The third kappa shape index (κ3) is 4.30. The van der Waals surface area contributed by atoms with Crippen molar-refractivity contribution in [1.29, 1.82) is 0 Å². The van der Waals surface area contributed by atoms with Gasteiger partial charge in [-0.15, -0.1) is 10.2 Å². The number of nitrogens with zero attached hydrogens (tertiary/aromatic N) is 4. The lowest BCUT2D eigenvalue weighted by Gasteiger charge is -2.37. The molecule has 7 nitrogen and oxygen atoms in total. The Balaban J connectivity index is 2.35. The van der Waals surface area contributed by atoms with Gasteiger partial charge in [-0.25, -0.2) is 12.8 Å². The molecule has 1 atom stereocenters. The van der Waals surface area contributed by atoms with Crippen LogP contribution in [0.5, 0.6) is 0 Å². The highest BCUT2D eigenvalue weighted by Gasteiger charge is 2.37. The van der Waals surface area contributed by atoms with Crippen LogP contribution in [0.3, 0.4) is 0 Å². The van der Waals surface area contributed by atoms with E-state index in [4.69, 9.17) is 11.6 Å². The maximum Gasteiger partial charge on any atom is 0.264 e. The third-order valence-corrected chi connectivity index (χ3v) is 7.05. The number of benzene rings is 2. The summed E-state index contributed by atoms with van der Waals surface area (Å²) in [5.74, 6) is -0.254. The number of rotatable bonds is 5. The van der Waals surface area contributed by atoms with Gasteiger partial charge in [0.1, 0.15) is 11.9 Å². The van der Waals surface area contributed by atoms with Crippen LogP contribution in [0.25, 0.3) is 11.4 Å². The maximum atomic E-state index is 14.6. The Bertz CT molecular complexity index is 1210. The molecular formula is C21H24ClFN4O3S. The van der Waals surface area contributed by atoms with Crippen LogP contribution in [0.2, 0.25) is 5.02 Å². The Hall–Kier alpha value is -2.49. The first-order valence-electron chi connectivity index (χ1n) is 9.53. The monoisotopic (exact) mass is 466 g/mol. The van der Waals surface area contributed by atoms with Crippen molar-refractivity contribution in [1.82, 2.24) is 14.8 Å². The van der Waals surface area contributed by atoms with Gasteiger partial charge >= 0.3 is 0 Å². The van der Waals surface area contributed by atoms with Crippen molar-refractivity contribution >= 4 is 27.3 Å². The molecule has 0 saturated carbocycles. The quantitative estimate of drug-likeness (QED) is 0.604. The smallest absolute Gasteiger partial charge is 0.264 e. The predicted octanol–water partition coefficient (Wildman–Crippen LogP) is 4.32. The number of sulfonamides is 1. The van der Waals surface area contributed by atoms with Gasteiger partial charge in [0, 0.05) is 24.2 Å². The molecule has 1 heterocycles. The van der Waals surface area contributed by atoms with Gasteiger partial charge in [0.25, 0.3) is 10.0 Å². The normalized spacial score (nSPS) is 13.3. The van der Waals surface area contributed by atoms with Crippen molar-refractivity contribution in [2.45, 2.75) is 44.2 Å². The number of aromatic nitrogens is 3. The van der Waals surface area contributed by atoms with Gasteiger partial charge in [-0.1, -0.05) is 29.8 Å². The lowest BCUT2D eigenvalue weighted by molar-refractivity contribution is 0.185. The fraction of sp³-hybridized carbons (Fsp3) is 0.333. The van der Waals surface area contributed by atoms with E-state index in [9.17, 15) is 17.9 Å². The second kappa shape index (κ2) is 8.22. The zero-order chi connectivity index (χ0) is 23.1. The topological polar surface area (TPSA) is 88.3 Å². The fourth-order valence-corrected chi connectivity index (χ4v) is 5.38. The molecule has 3 rings (SSSR count). The molecule has 166 valence electrons. The van der Waals surface area contributed by atoms with Crippen molar-refractivity contribution < 1.29 is 17.9 Å². The minimum absolute atomic E-state index is 0.0610. The molecule has 0 bridgehead atoms. The first-order valence-corrected chi connectivity index (χ1v) is 11.3. The summed E-state index contributed by atoms with van der Waals surface area (Å²) in [4.78, 5) is 0.0638. The minimum Gasteiger partial charge on any atom is -0.385 e. The average molecular weight is 467 g/mol. The van der Waals surface area contributed by atoms with Crippen LogP contribution in [0.1, 0.15) is 39.6 Å². The Labute approximate surface area is 186 Å². The molecule has 0 spiro atoms. The molecule has 0 unspecified atom stereocenters. The third-order valence-electron chi connectivity index (χ3n) is 4.67. The van der Waals surface area contributed by atoms with Crippen molar-refractivity contribution in [3.8, 4) is 11.4 Å². The van der Waals surface area contributed by atoms with E-state index in [1.54, 1.807) is 46.0 Å². The zero-order valence-corrected chi connectivity index (χ0v) is 19.4. The summed E-state index contributed by atoms with van der Waals surface area (Å²) in [6.07, 6.45) is -0.905. The molecule has 0 amide bonds. The molecule has 0 aliphatic heterocycles. The number of anilines is 1. The second-order valence-corrected chi connectivity index (χ2v) is 10.3. The van der Waals surface area contributed by atoms with Crippen LogP contribution in [0.15, 0.2) is 47.4 Å². The van der Waals surface area contributed by atoms with E-state index < -0.39 is 27.5 Å². The number of aliphatic hydroxyl groups excluding tert-OH is 1. The molecule has 31 heavy (non-hydrogen) atoms. The van der Waals surface area contributed by atoms with Crippen LogP contribution in [0, 0.1) is 5.82 Å². The van der Waals surface area contributed by atoms with Gasteiger partial charge < -0.3 is 9.67 Å². The van der Waals surface area contributed by atoms with E-state index in [1.165, 1.54) is 29.7 Å². The van der Waals surface area contributed by atoms with Gasteiger partial charge in [0.15, 0.2) is 11.6 Å². The van der Waals surface area contributed by atoms with E-state index in [0.717, 1.165) is 10.4 Å². The molecule has 0 saturated heterocycles. The molecule has 0 aliphatic carbocycles. The summed E-state index contributed by atoms with van der Waals surface area (Å²) < 4.78 is 44.6. The number of hydrogen-bond donors (Lipinski definition) is 1. The zero-order valence-electron chi connectivity index (χ0n) is 17.8. The standard InChI is InChI=1S/C21H24ClFN4O3S/c1-13(28)19-24-25-20(26(19)5)15-11-16(22)17(23)12-18(15)27(21(2,3)4)31(29,30)14-9-7-6-8-10-14/h6-13,28H,1-5H3/t13-/m1/s1. The number of hydrogen-bond acceptors (Lipinski definition) is 5. The molecule has 10 heteroatoms. The Morgan fingerprint density at radius 3 is 2.29 bits per heavy atom. The predicted molar refractivity (Wildman–Crippen MR) is 118 cm³/mol. The second-order valence-electron chi connectivity index (χ2n) is 8.15. The first kappa shape index (κ1) is 23.2. The van der Waals surface area contributed by atoms with E-state index in [0.29, 0.717) is 0 Å². The first-order chi connectivity index (χ1) is 14.4. The highest BCUT2D eigenvalue weighted by atomic mass is 35.5. The van der Waals surface area contributed by atoms with Gasteiger partial charge in [0.05, 0.1) is 15.6 Å². The van der Waals surface area contributed by atoms with Gasteiger partial charge in [0.2, 0.25) is 0 Å². The minimum atomic E-state index is -4.08. The van der Waals surface area contributed by atoms with Crippen LogP contribution < -0.4 is 4.31 Å². The summed E-state index contributed by atoms with van der Waals surface area (Å²) in [6.45, 7) is 6.67. The van der Waals surface area contributed by atoms with Gasteiger partial charge in [-0.3, -0.25) is 4.31 Å². The fourth-order valence-electron chi connectivity index (χ4n) is 3.37. The highest BCUT2D eigenvalue weighted by molar-refractivity contribution is 7.93. The molecule has 0 radical (unpaired) electrons. The summed E-state index contributed by atoms with van der Waals surface area (Å²) in [6, 6.07) is 10.3. The Morgan fingerprint density at radius 2 is 1.77 bits per heavy atom. The van der Waals surface area contributed by atoms with Gasteiger partial charge in [-0.05, 0) is 45.9 Å². The molecule has 0 fully saturated rings. The molecular weight excluding hydrogens is 443 g/mol. The van der Waals surface area contributed by atoms with Crippen LogP contribution >= 0.6 is 11.6 Å². The molecule has 1 aromatic heterocycles. The van der Waals surface area contributed by atoms with E-state index in [-0.39, 0.29) is 32.8 Å². The van der Waals surface area contributed by atoms with Crippen LogP contribution in [-0.4, -0.2) is 33.8 Å². The largest absolute Gasteiger partial charge is 0.385 e. The average Bonchev–Trinajstić information content (AvgIpc) is 3.05. The summed E-state index contributed by atoms with van der Waals surface area (Å²) in [5.41, 5.74) is -0.635. The lowest BCUT2D eigenvalue weighted by atomic mass is 10.1. The Kier molecular flexibility index (Phi) is 6.14. The highest BCUT2D eigenvalue weighted by Crippen LogP contribution is 2.40. The lowest BCUT2D eigenvalue weighted by Crippen LogP contribution is -2.46. The summed E-state index contributed by atoms with van der Waals surface area (Å²) in [5, 5.41) is 17.8. The Morgan fingerprint density at radius 1 is 1.16 bits per heavy atom. The SMILES string of the molecule is C[C@@H](O)c1nnc(-c2cc(Cl)c(F)cc2N(C(C)(C)C)S(=O)(=O)c2ccccc2)n1C. The van der Waals surface area contributed by atoms with E-state index in [2.05, 4.69) is 10.2 Å². The molecule has 2 aromatic carbocycles. The van der Waals surface area contributed by atoms with E-state index in [1.807, 2.05) is 0 Å². The molecule has 3 aromatic rings. The van der Waals surface area contributed by atoms with E-state index >= 15 is 0 Å². The maximum absolute atomic E-state index is 14.6. The molecule has 0 aliphatic rings. The number of halogens is 2. The summed E-state index contributed by atoms with van der Waals surface area (Å²) >= 11 is 6.06. The van der Waals surface area contributed by atoms with Crippen molar-refractivity contribution in [2.24, 2.45) is 7.05 Å². The van der Waals surface area contributed by atoms with Crippen molar-refractivity contribution in [3.63, 3.8) is 0 Å². The number of aliphatic hydroxyl groups is 1. The van der Waals surface area contributed by atoms with Crippen molar-refractivity contribution in [2.75, 3.05) is 4.31 Å². The molecule has 1 N–H and O–H groups in total. The van der Waals surface area contributed by atoms with Gasteiger partial charge in [-0.2, -0.15) is 0 Å². The summed E-state index contributed by atoms with van der Waals surface area (Å²) in [7, 11) is -2.45. The van der Waals surface area contributed by atoms with Crippen molar-refractivity contribution in [3.05, 3.63) is 59.1 Å². The van der Waals surface area contributed by atoms with Crippen LogP contribution in [0.4, 0.5) is 10.1 Å².